The molecular formula is C13H18N6O3. The number of hydrogen-bond donors (Lipinski definition) is 2. The van der Waals surface area contributed by atoms with E-state index < -0.39 is 5.91 Å². The summed E-state index contributed by atoms with van der Waals surface area (Å²) in [5, 5.41) is 10.6. The van der Waals surface area contributed by atoms with Crippen molar-refractivity contribution in [2.75, 3.05) is 0 Å². The van der Waals surface area contributed by atoms with Crippen LogP contribution in [0.2, 0.25) is 0 Å². The third-order valence-corrected chi connectivity index (χ3v) is 3.42. The van der Waals surface area contributed by atoms with Gasteiger partial charge in [-0.1, -0.05) is 5.16 Å². The molecule has 9 heteroatoms. The maximum atomic E-state index is 11.8. The Morgan fingerprint density at radius 3 is 2.59 bits per heavy atom. The van der Waals surface area contributed by atoms with Gasteiger partial charge in [-0.05, 0) is 26.3 Å². The molecule has 0 aliphatic heterocycles. The molecule has 118 valence electrons. The molecule has 0 bridgehead atoms. The topological polar surface area (TPSA) is 129 Å². The highest BCUT2D eigenvalue weighted by atomic mass is 16.5. The van der Waals surface area contributed by atoms with Gasteiger partial charge in [-0.15, -0.1) is 0 Å². The van der Waals surface area contributed by atoms with Crippen molar-refractivity contribution in [3.63, 3.8) is 0 Å². The molecule has 0 fully saturated rings. The van der Waals surface area contributed by atoms with Crippen LogP contribution < -0.4 is 11.1 Å². The number of nitrogens with two attached hydrogens (primary N) is 1. The molecule has 0 unspecified atom stereocenters. The van der Waals surface area contributed by atoms with Crippen molar-refractivity contribution >= 4 is 11.8 Å². The maximum Gasteiger partial charge on any atom is 0.315 e. The van der Waals surface area contributed by atoms with Crippen LogP contribution in [0.4, 0.5) is 0 Å². The molecule has 0 saturated carbocycles. The van der Waals surface area contributed by atoms with Crippen LogP contribution in [-0.2, 0) is 17.9 Å². The molecule has 2 amide bonds. The molecule has 0 spiro atoms. The van der Waals surface area contributed by atoms with Crippen molar-refractivity contribution in [2.24, 2.45) is 5.73 Å². The number of rotatable bonds is 6. The maximum absolute atomic E-state index is 11.8. The molecule has 0 atom stereocenters. The Kier molecular flexibility index (Phi) is 4.54. The lowest BCUT2D eigenvalue weighted by Crippen LogP contribution is -2.25. The van der Waals surface area contributed by atoms with Gasteiger partial charge in [-0.2, -0.15) is 10.1 Å². The fourth-order valence-corrected chi connectivity index (χ4v) is 1.90. The first-order valence-corrected chi connectivity index (χ1v) is 6.78. The van der Waals surface area contributed by atoms with Gasteiger partial charge >= 0.3 is 11.8 Å². The van der Waals surface area contributed by atoms with Crippen molar-refractivity contribution in [1.82, 2.24) is 25.2 Å². The highest BCUT2D eigenvalue weighted by Crippen LogP contribution is 2.11. The lowest BCUT2D eigenvalue weighted by atomic mass is 10.2. The second-order valence-electron chi connectivity index (χ2n) is 4.93. The number of nitrogens with one attached hydrogen (secondary N) is 1. The summed E-state index contributed by atoms with van der Waals surface area (Å²) in [6, 6.07) is 0. The first-order valence-electron chi connectivity index (χ1n) is 6.78. The number of primary amides is 1. The van der Waals surface area contributed by atoms with E-state index in [1.807, 2.05) is 25.5 Å². The van der Waals surface area contributed by atoms with Crippen LogP contribution in [0.15, 0.2) is 4.52 Å². The van der Waals surface area contributed by atoms with Crippen LogP contribution in [-0.4, -0.2) is 31.7 Å². The van der Waals surface area contributed by atoms with Crippen molar-refractivity contribution in [2.45, 2.75) is 40.3 Å². The van der Waals surface area contributed by atoms with Crippen molar-refractivity contribution in [3.05, 3.63) is 28.7 Å². The van der Waals surface area contributed by atoms with E-state index in [4.69, 9.17) is 5.73 Å². The summed E-state index contributed by atoms with van der Waals surface area (Å²) in [5.41, 5.74) is 8.13. The molecule has 2 rings (SSSR count). The number of carbonyl (C=O) groups is 2. The zero-order valence-electron chi connectivity index (χ0n) is 12.7. The molecule has 0 radical (unpaired) electrons. The fraction of sp³-hybridized carbons (Fsp3) is 0.462. The lowest BCUT2D eigenvalue weighted by Gasteiger charge is -2.05. The first-order chi connectivity index (χ1) is 10.4. The minimum Gasteiger partial charge on any atom is -0.361 e. The number of aromatic nitrogens is 4. The van der Waals surface area contributed by atoms with Crippen LogP contribution in [0, 0.1) is 20.8 Å². The molecule has 9 nitrogen and oxygen atoms in total. The summed E-state index contributed by atoms with van der Waals surface area (Å²) in [4.78, 5) is 26.3. The largest absolute Gasteiger partial charge is 0.361 e. The normalized spacial score (nSPS) is 10.7. The van der Waals surface area contributed by atoms with E-state index in [0.717, 1.165) is 17.0 Å². The van der Waals surface area contributed by atoms with Gasteiger partial charge in [0.2, 0.25) is 5.91 Å². The Balaban J connectivity index is 1.82. The Labute approximate surface area is 126 Å². The molecule has 0 aromatic carbocycles. The van der Waals surface area contributed by atoms with E-state index in [2.05, 4.69) is 25.1 Å². The highest BCUT2D eigenvalue weighted by molar-refractivity contribution is 5.87. The molecule has 3 N–H and O–H groups in total. The van der Waals surface area contributed by atoms with Gasteiger partial charge in [0.25, 0.3) is 0 Å². The first kappa shape index (κ1) is 15.7. The average Bonchev–Trinajstić information content (AvgIpc) is 3.04. The van der Waals surface area contributed by atoms with Crippen LogP contribution >= 0.6 is 0 Å². The number of aryl methyl sites for hydroxylation is 2. The van der Waals surface area contributed by atoms with Crippen LogP contribution in [0.5, 0.6) is 0 Å². The zero-order chi connectivity index (χ0) is 16.3. The standard InChI is InChI=1S/C13H18N6O3/c1-7-8(2)17-19(9(7)3)5-4-11(20)15-6-10-16-13(12(14)21)22-18-10/h4-6H2,1-3H3,(H2,14,21)(H,15,20). The van der Waals surface area contributed by atoms with Crippen LogP contribution in [0.25, 0.3) is 0 Å². The Morgan fingerprint density at radius 1 is 1.32 bits per heavy atom. The summed E-state index contributed by atoms with van der Waals surface area (Å²) in [7, 11) is 0. The Hall–Kier alpha value is -2.71. The smallest absolute Gasteiger partial charge is 0.315 e. The molecule has 0 aliphatic rings. The Morgan fingerprint density at radius 2 is 2.05 bits per heavy atom. The quantitative estimate of drug-likeness (QED) is 0.772. The number of amides is 2. The average molecular weight is 306 g/mol. The van der Waals surface area contributed by atoms with E-state index in [1.165, 1.54) is 0 Å². The highest BCUT2D eigenvalue weighted by Gasteiger charge is 2.13. The zero-order valence-corrected chi connectivity index (χ0v) is 12.7. The van der Waals surface area contributed by atoms with E-state index in [0.29, 0.717) is 6.54 Å². The van der Waals surface area contributed by atoms with E-state index in [1.54, 1.807) is 0 Å². The summed E-state index contributed by atoms with van der Waals surface area (Å²) < 4.78 is 6.43. The van der Waals surface area contributed by atoms with Crippen molar-refractivity contribution < 1.29 is 14.1 Å². The summed E-state index contributed by atoms with van der Waals surface area (Å²) in [5.74, 6) is -1.05. The third kappa shape index (κ3) is 3.48. The number of hydrogen-bond acceptors (Lipinski definition) is 6. The molecule has 2 aromatic heterocycles. The third-order valence-electron chi connectivity index (χ3n) is 3.42. The second-order valence-corrected chi connectivity index (χ2v) is 4.93. The van der Waals surface area contributed by atoms with Gasteiger partial charge in [0.15, 0.2) is 5.82 Å². The van der Waals surface area contributed by atoms with Crippen molar-refractivity contribution in [3.8, 4) is 0 Å². The summed E-state index contributed by atoms with van der Waals surface area (Å²) >= 11 is 0. The SMILES string of the molecule is Cc1nn(CCC(=O)NCc2noc(C(N)=O)n2)c(C)c1C. The molecule has 22 heavy (non-hydrogen) atoms. The molecule has 2 aromatic rings. The molecular weight excluding hydrogens is 288 g/mol. The minimum absolute atomic E-state index is 0.0752. The van der Waals surface area contributed by atoms with Gasteiger partial charge < -0.3 is 15.6 Å². The Bertz CT molecular complexity index is 703. The minimum atomic E-state index is -0.801. The second kappa shape index (κ2) is 6.37. The fourth-order valence-electron chi connectivity index (χ4n) is 1.90. The summed E-state index contributed by atoms with van der Waals surface area (Å²) in [6.07, 6.45) is 0.280. The molecule has 2 heterocycles. The van der Waals surface area contributed by atoms with Gasteiger partial charge in [0.05, 0.1) is 12.2 Å². The van der Waals surface area contributed by atoms with Gasteiger partial charge in [-0.25, -0.2) is 0 Å². The number of carbonyl (C=O) groups excluding carboxylic acids is 2. The van der Waals surface area contributed by atoms with Gasteiger partial charge in [0, 0.05) is 18.7 Å². The van der Waals surface area contributed by atoms with Gasteiger partial charge in [-0.3, -0.25) is 14.3 Å². The van der Waals surface area contributed by atoms with Crippen LogP contribution in [0.3, 0.4) is 0 Å². The molecule has 0 aliphatic carbocycles. The van der Waals surface area contributed by atoms with E-state index in [9.17, 15) is 9.59 Å². The predicted molar refractivity (Wildman–Crippen MR) is 75.7 cm³/mol. The monoisotopic (exact) mass is 306 g/mol. The lowest BCUT2D eigenvalue weighted by molar-refractivity contribution is -0.121. The summed E-state index contributed by atoms with van der Waals surface area (Å²) in [6.45, 7) is 6.47. The van der Waals surface area contributed by atoms with E-state index in [-0.39, 0.29) is 30.6 Å². The van der Waals surface area contributed by atoms with Gasteiger partial charge in [0.1, 0.15) is 0 Å². The molecule has 0 saturated heterocycles. The number of nitrogens with zero attached hydrogens (tertiary/aromatic N) is 4. The van der Waals surface area contributed by atoms with Crippen LogP contribution in [0.1, 0.15) is 39.9 Å². The van der Waals surface area contributed by atoms with Crippen molar-refractivity contribution in [1.29, 1.82) is 0 Å². The van der Waals surface area contributed by atoms with E-state index >= 15 is 0 Å². The predicted octanol–water partition coefficient (Wildman–Crippen LogP) is -0.00324.